The molecule has 0 amide bonds. The van der Waals surface area contributed by atoms with Crippen LogP contribution in [-0.2, 0) is 13.2 Å². The monoisotopic (exact) mass is 355 g/mol. The fourth-order valence-corrected chi connectivity index (χ4v) is 2.19. The molecule has 0 aromatic heterocycles. The first-order valence-electron chi connectivity index (χ1n) is 5.96. The number of rotatable bonds is 5. The van der Waals surface area contributed by atoms with Crippen molar-refractivity contribution in [1.82, 2.24) is 0 Å². The van der Waals surface area contributed by atoms with E-state index in [0.717, 1.165) is 0 Å². The number of aliphatic hydroxyl groups is 1. The van der Waals surface area contributed by atoms with Crippen LogP contribution in [0.1, 0.15) is 11.1 Å². The number of nitro groups is 1. The van der Waals surface area contributed by atoms with E-state index in [-0.39, 0.29) is 30.5 Å². The number of nitro benzene ring substituents is 1. The first kappa shape index (κ1) is 15.4. The molecule has 0 heterocycles. The van der Waals surface area contributed by atoms with Gasteiger partial charge in [-0.05, 0) is 23.8 Å². The third kappa shape index (κ3) is 3.77. The molecule has 0 saturated heterocycles. The van der Waals surface area contributed by atoms with E-state index in [1.165, 1.54) is 30.3 Å². The lowest BCUT2D eigenvalue weighted by molar-refractivity contribution is -0.386. The van der Waals surface area contributed by atoms with Gasteiger partial charge in [-0.25, -0.2) is 4.39 Å². The van der Waals surface area contributed by atoms with E-state index in [0.29, 0.717) is 15.6 Å². The van der Waals surface area contributed by atoms with Crippen LogP contribution < -0.4 is 4.74 Å². The third-order valence-electron chi connectivity index (χ3n) is 2.80. The Bertz CT molecular complexity index is 678. The molecule has 0 atom stereocenters. The predicted octanol–water partition coefficient (Wildman–Crippen LogP) is 3.57. The summed E-state index contributed by atoms with van der Waals surface area (Å²) >= 11 is 3.20. The number of benzene rings is 2. The minimum absolute atomic E-state index is 0.0557. The highest BCUT2D eigenvalue weighted by molar-refractivity contribution is 9.10. The predicted molar refractivity (Wildman–Crippen MR) is 77.5 cm³/mol. The quantitative estimate of drug-likeness (QED) is 0.657. The van der Waals surface area contributed by atoms with Crippen LogP contribution >= 0.6 is 15.9 Å². The van der Waals surface area contributed by atoms with Crippen molar-refractivity contribution in [3.8, 4) is 5.75 Å². The van der Waals surface area contributed by atoms with Crippen LogP contribution in [0.2, 0.25) is 0 Å². The second-order valence-electron chi connectivity index (χ2n) is 4.24. The smallest absolute Gasteiger partial charge is 0.311 e. The Hall–Kier alpha value is -1.99. The van der Waals surface area contributed by atoms with Gasteiger partial charge in [-0.1, -0.05) is 28.1 Å². The Morgan fingerprint density at radius 3 is 2.67 bits per heavy atom. The van der Waals surface area contributed by atoms with Gasteiger partial charge in [0.05, 0.1) is 11.5 Å². The zero-order valence-electron chi connectivity index (χ0n) is 10.8. The number of hydrogen-bond donors (Lipinski definition) is 1. The van der Waals surface area contributed by atoms with Crippen molar-refractivity contribution in [2.45, 2.75) is 13.2 Å². The highest BCUT2D eigenvalue weighted by Crippen LogP contribution is 2.29. The summed E-state index contributed by atoms with van der Waals surface area (Å²) in [6.45, 7) is -0.231. The van der Waals surface area contributed by atoms with Gasteiger partial charge in [0.25, 0.3) is 0 Å². The van der Waals surface area contributed by atoms with E-state index in [2.05, 4.69) is 15.9 Å². The molecule has 0 spiro atoms. The molecule has 110 valence electrons. The number of aliphatic hydroxyl groups excluding tert-OH is 1. The Kier molecular flexibility index (Phi) is 4.87. The highest BCUT2D eigenvalue weighted by Gasteiger charge is 2.16. The summed E-state index contributed by atoms with van der Waals surface area (Å²) in [7, 11) is 0. The average molecular weight is 356 g/mol. The largest absolute Gasteiger partial charge is 0.482 e. The van der Waals surface area contributed by atoms with Gasteiger partial charge in [0.15, 0.2) is 5.75 Å². The van der Waals surface area contributed by atoms with Crippen LogP contribution in [0, 0.1) is 15.9 Å². The van der Waals surface area contributed by atoms with Gasteiger partial charge in [-0.15, -0.1) is 0 Å². The highest BCUT2D eigenvalue weighted by atomic mass is 79.9. The van der Waals surface area contributed by atoms with Crippen LogP contribution in [-0.4, -0.2) is 10.0 Å². The van der Waals surface area contributed by atoms with Crippen molar-refractivity contribution in [2.24, 2.45) is 0 Å². The Labute approximate surface area is 128 Å². The number of hydrogen-bond acceptors (Lipinski definition) is 4. The maximum atomic E-state index is 13.0. The molecule has 7 heteroatoms. The maximum absolute atomic E-state index is 13.0. The summed E-state index contributed by atoms with van der Waals surface area (Å²) in [5, 5.41) is 20.0. The van der Waals surface area contributed by atoms with Crippen LogP contribution in [0.5, 0.6) is 5.75 Å². The van der Waals surface area contributed by atoms with E-state index in [1.54, 1.807) is 6.07 Å². The molecule has 0 aliphatic carbocycles. The number of nitrogens with zero attached hydrogens (tertiary/aromatic N) is 1. The van der Waals surface area contributed by atoms with Crippen molar-refractivity contribution in [3.63, 3.8) is 0 Å². The van der Waals surface area contributed by atoms with Gasteiger partial charge < -0.3 is 9.84 Å². The molecule has 0 unspecified atom stereocenters. The molecule has 2 aromatic rings. The minimum atomic E-state index is -0.575. The average Bonchev–Trinajstić information content (AvgIpc) is 2.46. The van der Waals surface area contributed by atoms with Gasteiger partial charge in [0, 0.05) is 16.1 Å². The molecule has 0 radical (unpaired) electrons. The van der Waals surface area contributed by atoms with E-state index in [9.17, 15) is 14.5 Å². The van der Waals surface area contributed by atoms with Gasteiger partial charge in [-0.2, -0.15) is 0 Å². The molecule has 5 nitrogen and oxygen atoms in total. The molecule has 0 saturated carbocycles. The normalized spacial score (nSPS) is 10.4. The van der Waals surface area contributed by atoms with Crippen molar-refractivity contribution >= 4 is 21.6 Å². The fraction of sp³-hybridized carbons (Fsp3) is 0.143. The van der Waals surface area contributed by atoms with E-state index < -0.39 is 4.92 Å². The SMILES string of the molecule is O=[N+]([O-])c1cc(CO)ccc1OCc1ccc(F)cc1Br. The van der Waals surface area contributed by atoms with Crippen molar-refractivity contribution < 1.29 is 19.2 Å². The van der Waals surface area contributed by atoms with E-state index >= 15 is 0 Å². The van der Waals surface area contributed by atoms with Crippen molar-refractivity contribution in [1.29, 1.82) is 0 Å². The Morgan fingerprint density at radius 2 is 2.05 bits per heavy atom. The lowest BCUT2D eigenvalue weighted by Gasteiger charge is -2.09. The maximum Gasteiger partial charge on any atom is 0.311 e. The minimum Gasteiger partial charge on any atom is -0.482 e. The van der Waals surface area contributed by atoms with Gasteiger partial charge >= 0.3 is 5.69 Å². The lowest BCUT2D eigenvalue weighted by Crippen LogP contribution is -2.01. The molecule has 21 heavy (non-hydrogen) atoms. The summed E-state index contributed by atoms with van der Waals surface area (Å²) in [6, 6.07) is 8.35. The fourth-order valence-electron chi connectivity index (χ4n) is 1.72. The molecule has 2 aromatic carbocycles. The summed E-state index contributed by atoms with van der Waals surface area (Å²) in [5.41, 5.74) is 0.869. The van der Waals surface area contributed by atoms with Gasteiger partial charge in [-0.3, -0.25) is 10.1 Å². The zero-order chi connectivity index (χ0) is 15.4. The molecule has 0 fully saturated rings. The van der Waals surface area contributed by atoms with Crippen LogP contribution in [0.3, 0.4) is 0 Å². The van der Waals surface area contributed by atoms with Gasteiger partial charge in [0.1, 0.15) is 12.4 Å². The molecule has 0 aliphatic heterocycles. The summed E-state index contributed by atoms with van der Waals surface area (Å²) in [5.74, 6) is -0.294. The van der Waals surface area contributed by atoms with E-state index in [4.69, 9.17) is 9.84 Å². The van der Waals surface area contributed by atoms with Crippen LogP contribution in [0.25, 0.3) is 0 Å². The summed E-state index contributed by atoms with van der Waals surface area (Å²) in [4.78, 5) is 10.4. The first-order chi connectivity index (χ1) is 10.0. The first-order valence-corrected chi connectivity index (χ1v) is 6.75. The molecule has 2 rings (SSSR count). The van der Waals surface area contributed by atoms with Crippen molar-refractivity contribution in [3.05, 3.63) is 67.9 Å². The third-order valence-corrected chi connectivity index (χ3v) is 3.54. The second-order valence-corrected chi connectivity index (χ2v) is 5.10. The second kappa shape index (κ2) is 6.64. The number of ether oxygens (including phenoxy) is 1. The topological polar surface area (TPSA) is 72.6 Å². The molecular weight excluding hydrogens is 345 g/mol. The van der Waals surface area contributed by atoms with Crippen molar-refractivity contribution in [2.75, 3.05) is 0 Å². The van der Waals surface area contributed by atoms with E-state index in [1.807, 2.05) is 0 Å². The van der Waals surface area contributed by atoms with Gasteiger partial charge in [0.2, 0.25) is 0 Å². The van der Waals surface area contributed by atoms with Crippen LogP contribution in [0.15, 0.2) is 40.9 Å². The number of halogens is 2. The van der Waals surface area contributed by atoms with Crippen LogP contribution in [0.4, 0.5) is 10.1 Å². The standard InChI is InChI=1S/C14H11BrFNO4/c15-12-6-11(16)3-2-10(12)8-21-14-4-1-9(7-18)5-13(14)17(19)20/h1-6,18H,7-8H2. The Balaban J connectivity index is 2.21. The lowest BCUT2D eigenvalue weighted by atomic mass is 10.2. The molecular formula is C14H11BrFNO4. The zero-order valence-corrected chi connectivity index (χ0v) is 12.3. The molecule has 0 bridgehead atoms. The summed E-state index contributed by atoms with van der Waals surface area (Å²) < 4.78 is 18.9. The summed E-state index contributed by atoms with van der Waals surface area (Å²) in [6.07, 6.45) is 0. The Morgan fingerprint density at radius 1 is 1.29 bits per heavy atom. The molecule has 1 N–H and O–H groups in total. The molecule has 0 aliphatic rings.